The van der Waals surface area contributed by atoms with Gasteiger partial charge in [0.1, 0.15) is 6.10 Å². The van der Waals surface area contributed by atoms with Gasteiger partial charge in [-0.2, -0.15) is 0 Å². The maximum Gasteiger partial charge on any atom is 0.103 e. The second-order valence-corrected chi connectivity index (χ2v) is 5.35. The molecule has 2 aromatic rings. The first-order valence-electron chi connectivity index (χ1n) is 6.61. The van der Waals surface area contributed by atoms with Gasteiger partial charge in [0.15, 0.2) is 0 Å². The first kappa shape index (κ1) is 12.3. The van der Waals surface area contributed by atoms with Crippen LogP contribution >= 0.6 is 0 Å². The summed E-state index contributed by atoms with van der Waals surface area (Å²) >= 11 is 0. The van der Waals surface area contributed by atoms with Crippen LogP contribution in [0.2, 0.25) is 0 Å². The van der Waals surface area contributed by atoms with Crippen molar-refractivity contribution < 1.29 is 5.11 Å². The van der Waals surface area contributed by atoms with Crippen molar-refractivity contribution in [1.29, 1.82) is 0 Å². The number of hydrogen-bond donors (Lipinski definition) is 2. The molecule has 3 rings (SSSR count). The maximum atomic E-state index is 10.7. The zero-order valence-electron chi connectivity index (χ0n) is 10.8. The maximum absolute atomic E-state index is 10.7. The monoisotopic (exact) mass is 254 g/mol. The summed E-state index contributed by atoms with van der Waals surface area (Å²) in [5.74, 6) is 0. The fraction of sp³-hybridized carbons (Fsp3) is 0.312. The third-order valence-corrected chi connectivity index (χ3v) is 4.16. The van der Waals surface area contributed by atoms with Crippen LogP contribution in [0.15, 0.2) is 48.7 Å². The quantitative estimate of drug-likeness (QED) is 0.879. The van der Waals surface area contributed by atoms with Gasteiger partial charge >= 0.3 is 0 Å². The number of aliphatic hydroxyl groups is 1. The second kappa shape index (κ2) is 4.76. The Morgan fingerprint density at radius 2 is 1.74 bits per heavy atom. The zero-order valence-corrected chi connectivity index (χ0v) is 10.8. The molecule has 0 fully saturated rings. The average molecular weight is 254 g/mol. The lowest BCUT2D eigenvalue weighted by Crippen LogP contribution is -2.38. The number of aliphatic hydroxyl groups excluding tert-OH is 1. The van der Waals surface area contributed by atoms with Crippen LogP contribution in [0, 0.1) is 5.41 Å². The number of pyridine rings is 1. The van der Waals surface area contributed by atoms with E-state index in [-0.39, 0.29) is 5.41 Å². The van der Waals surface area contributed by atoms with E-state index in [4.69, 9.17) is 5.73 Å². The summed E-state index contributed by atoms with van der Waals surface area (Å²) in [6.45, 7) is 0.458. The summed E-state index contributed by atoms with van der Waals surface area (Å²) in [6.07, 6.45) is 2.73. The molecule has 3 nitrogen and oxygen atoms in total. The number of aromatic nitrogens is 1. The van der Waals surface area contributed by atoms with Crippen LogP contribution in [0.3, 0.4) is 0 Å². The van der Waals surface area contributed by atoms with Gasteiger partial charge in [-0.3, -0.25) is 4.98 Å². The van der Waals surface area contributed by atoms with Crippen molar-refractivity contribution in [3.8, 4) is 0 Å². The summed E-state index contributed by atoms with van der Waals surface area (Å²) < 4.78 is 0. The van der Waals surface area contributed by atoms with E-state index in [1.165, 1.54) is 11.1 Å². The first-order chi connectivity index (χ1) is 9.25. The lowest BCUT2D eigenvalue weighted by molar-refractivity contribution is 0.0324. The summed E-state index contributed by atoms with van der Waals surface area (Å²) in [7, 11) is 0. The Bertz CT molecular complexity index is 543. The van der Waals surface area contributed by atoms with Gasteiger partial charge in [0, 0.05) is 18.2 Å². The van der Waals surface area contributed by atoms with Crippen LogP contribution < -0.4 is 5.73 Å². The number of benzene rings is 1. The highest BCUT2D eigenvalue weighted by molar-refractivity contribution is 5.36. The van der Waals surface area contributed by atoms with E-state index in [1.807, 2.05) is 30.3 Å². The molecule has 1 aliphatic carbocycles. The molecular formula is C16H18N2O. The number of nitrogens with zero attached hydrogens (tertiary/aromatic N) is 1. The Balaban J connectivity index is 1.95. The van der Waals surface area contributed by atoms with Crippen LogP contribution in [-0.2, 0) is 12.8 Å². The van der Waals surface area contributed by atoms with Crippen LogP contribution in [0.25, 0.3) is 0 Å². The molecular weight excluding hydrogens is 236 g/mol. The lowest BCUT2D eigenvalue weighted by atomic mass is 9.77. The predicted molar refractivity (Wildman–Crippen MR) is 74.5 cm³/mol. The largest absolute Gasteiger partial charge is 0.386 e. The van der Waals surface area contributed by atoms with E-state index < -0.39 is 6.10 Å². The molecule has 98 valence electrons. The molecule has 3 N–H and O–H groups in total. The van der Waals surface area contributed by atoms with Gasteiger partial charge in [-0.25, -0.2) is 0 Å². The van der Waals surface area contributed by atoms with Gasteiger partial charge in [0.05, 0.1) is 5.69 Å². The first-order valence-corrected chi connectivity index (χ1v) is 6.61. The number of fused-ring (bicyclic) bond motifs is 1. The van der Waals surface area contributed by atoms with Gasteiger partial charge in [-0.1, -0.05) is 30.3 Å². The molecule has 1 aromatic carbocycles. The Kier molecular flexibility index (Phi) is 3.09. The topological polar surface area (TPSA) is 59.1 Å². The van der Waals surface area contributed by atoms with Crippen molar-refractivity contribution in [3.63, 3.8) is 0 Å². The molecule has 0 radical (unpaired) electrons. The molecule has 19 heavy (non-hydrogen) atoms. The highest BCUT2D eigenvalue weighted by atomic mass is 16.3. The van der Waals surface area contributed by atoms with Crippen molar-refractivity contribution in [2.75, 3.05) is 6.54 Å². The van der Waals surface area contributed by atoms with Crippen LogP contribution in [-0.4, -0.2) is 16.6 Å². The van der Waals surface area contributed by atoms with Gasteiger partial charge in [0.2, 0.25) is 0 Å². The summed E-state index contributed by atoms with van der Waals surface area (Å²) in [4.78, 5) is 4.27. The van der Waals surface area contributed by atoms with Crippen molar-refractivity contribution in [2.45, 2.75) is 18.9 Å². The standard InChI is InChI=1S/C16H18N2O/c17-11-16(15(19)14-7-3-4-8-18-14)9-12-5-1-2-6-13(12)10-16/h1-8,15,19H,9-11,17H2. The van der Waals surface area contributed by atoms with E-state index >= 15 is 0 Å². The molecule has 0 saturated carbocycles. The number of rotatable bonds is 3. The van der Waals surface area contributed by atoms with Gasteiger partial charge in [-0.15, -0.1) is 0 Å². The fourth-order valence-corrected chi connectivity index (χ4v) is 3.02. The molecule has 1 atom stereocenters. The molecule has 1 aliphatic rings. The Hall–Kier alpha value is -1.71. The Morgan fingerprint density at radius 1 is 1.11 bits per heavy atom. The second-order valence-electron chi connectivity index (χ2n) is 5.35. The van der Waals surface area contributed by atoms with E-state index in [9.17, 15) is 5.11 Å². The number of hydrogen-bond acceptors (Lipinski definition) is 3. The zero-order chi connectivity index (χ0) is 13.3. The lowest BCUT2D eigenvalue weighted by Gasteiger charge is -2.32. The fourth-order valence-electron chi connectivity index (χ4n) is 3.02. The SMILES string of the molecule is NCC1(C(O)c2ccccn2)Cc2ccccc2C1. The van der Waals surface area contributed by atoms with Gasteiger partial charge in [0.25, 0.3) is 0 Å². The van der Waals surface area contributed by atoms with Crippen molar-refractivity contribution in [2.24, 2.45) is 11.1 Å². The number of nitrogens with two attached hydrogens (primary N) is 1. The predicted octanol–water partition coefficient (Wildman–Crippen LogP) is 1.86. The van der Waals surface area contributed by atoms with Crippen molar-refractivity contribution in [3.05, 3.63) is 65.5 Å². The van der Waals surface area contributed by atoms with Gasteiger partial charge < -0.3 is 10.8 Å². The minimum Gasteiger partial charge on any atom is -0.386 e. The van der Waals surface area contributed by atoms with Crippen LogP contribution in [0.1, 0.15) is 22.9 Å². The smallest absolute Gasteiger partial charge is 0.103 e. The summed E-state index contributed by atoms with van der Waals surface area (Å²) in [5.41, 5.74) is 8.98. The third-order valence-electron chi connectivity index (χ3n) is 4.16. The molecule has 1 unspecified atom stereocenters. The molecule has 0 bridgehead atoms. The normalized spacial score (nSPS) is 18.0. The summed E-state index contributed by atoms with van der Waals surface area (Å²) in [5, 5.41) is 10.7. The van der Waals surface area contributed by atoms with E-state index in [2.05, 4.69) is 17.1 Å². The van der Waals surface area contributed by atoms with E-state index in [0.29, 0.717) is 12.2 Å². The summed E-state index contributed by atoms with van der Waals surface area (Å²) in [6, 6.07) is 13.9. The highest BCUT2D eigenvalue weighted by Crippen LogP contribution is 2.44. The molecule has 1 heterocycles. The third kappa shape index (κ3) is 2.05. The molecule has 0 amide bonds. The molecule has 1 aromatic heterocycles. The Morgan fingerprint density at radius 3 is 2.26 bits per heavy atom. The van der Waals surface area contributed by atoms with Crippen LogP contribution in [0.5, 0.6) is 0 Å². The molecule has 0 aliphatic heterocycles. The molecule has 0 spiro atoms. The Labute approximate surface area is 113 Å². The van der Waals surface area contributed by atoms with E-state index in [0.717, 1.165) is 12.8 Å². The van der Waals surface area contributed by atoms with Crippen molar-refractivity contribution >= 4 is 0 Å². The van der Waals surface area contributed by atoms with Crippen LogP contribution in [0.4, 0.5) is 0 Å². The van der Waals surface area contributed by atoms with Crippen molar-refractivity contribution in [1.82, 2.24) is 4.98 Å². The molecule has 3 heteroatoms. The highest BCUT2D eigenvalue weighted by Gasteiger charge is 2.43. The molecule has 0 saturated heterocycles. The van der Waals surface area contributed by atoms with Gasteiger partial charge in [-0.05, 0) is 36.1 Å². The minimum atomic E-state index is -0.619. The van der Waals surface area contributed by atoms with E-state index in [1.54, 1.807) is 6.20 Å². The minimum absolute atomic E-state index is 0.321. The average Bonchev–Trinajstić information content (AvgIpc) is 2.87.